The van der Waals surface area contributed by atoms with Gasteiger partial charge >= 0.3 is 12.0 Å². The van der Waals surface area contributed by atoms with E-state index in [1.165, 1.54) is 17.1 Å². The van der Waals surface area contributed by atoms with Crippen LogP contribution in [0.4, 0.5) is 4.79 Å². The minimum atomic E-state index is -0.313. The van der Waals surface area contributed by atoms with Crippen molar-refractivity contribution in [2.24, 2.45) is 0 Å². The minimum Gasteiger partial charge on any atom is -0.466 e. The maximum absolute atomic E-state index is 12.2. The normalized spacial score (nSPS) is 10.3. The molecule has 0 fully saturated rings. The Morgan fingerprint density at radius 1 is 1.25 bits per heavy atom. The average Bonchev–Trinajstić information content (AvgIpc) is 2.96. The van der Waals surface area contributed by atoms with Gasteiger partial charge in [0.25, 0.3) is 0 Å². The van der Waals surface area contributed by atoms with Crippen LogP contribution >= 0.6 is 0 Å². The molecule has 112 valence electrons. The third kappa shape index (κ3) is 5.40. The third-order valence-corrected chi connectivity index (χ3v) is 2.60. The van der Waals surface area contributed by atoms with Crippen molar-refractivity contribution in [2.75, 3.05) is 32.9 Å². The van der Waals surface area contributed by atoms with E-state index in [0.29, 0.717) is 32.9 Å². The van der Waals surface area contributed by atoms with Gasteiger partial charge in [0.1, 0.15) is 6.33 Å². The van der Waals surface area contributed by atoms with E-state index in [0.717, 1.165) is 0 Å². The average molecular weight is 283 g/mol. The Hall–Kier alpha value is -1.89. The van der Waals surface area contributed by atoms with Crippen LogP contribution < -0.4 is 0 Å². The largest absolute Gasteiger partial charge is 0.466 e. The summed E-state index contributed by atoms with van der Waals surface area (Å²) in [4.78, 5) is 29.0. The maximum atomic E-state index is 12.2. The van der Waals surface area contributed by atoms with E-state index in [-0.39, 0.29) is 18.4 Å². The Balaban J connectivity index is 2.55. The number of aromatic nitrogens is 2. The van der Waals surface area contributed by atoms with Crippen LogP contribution in [0, 0.1) is 0 Å². The van der Waals surface area contributed by atoms with Crippen molar-refractivity contribution < 1.29 is 19.1 Å². The Morgan fingerprint density at radius 3 is 2.65 bits per heavy atom. The van der Waals surface area contributed by atoms with Crippen LogP contribution in [-0.4, -0.2) is 59.4 Å². The van der Waals surface area contributed by atoms with Gasteiger partial charge in [0.05, 0.1) is 19.6 Å². The molecule has 20 heavy (non-hydrogen) atoms. The van der Waals surface area contributed by atoms with Gasteiger partial charge in [-0.3, -0.25) is 9.36 Å². The van der Waals surface area contributed by atoms with Crippen LogP contribution in [0.3, 0.4) is 0 Å². The maximum Gasteiger partial charge on any atom is 0.329 e. The van der Waals surface area contributed by atoms with Crippen LogP contribution in [0.25, 0.3) is 0 Å². The molecule has 0 N–H and O–H groups in total. The van der Waals surface area contributed by atoms with E-state index < -0.39 is 0 Å². The molecule has 7 nitrogen and oxygen atoms in total. The van der Waals surface area contributed by atoms with Crippen LogP contribution in [0.2, 0.25) is 0 Å². The first-order valence-electron chi connectivity index (χ1n) is 6.69. The molecule has 1 rings (SSSR count). The molecule has 0 bridgehead atoms. The highest BCUT2D eigenvalue weighted by Gasteiger charge is 2.16. The lowest BCUT2D eigenvalue weighted by atomic mass is 10.4. The fourth-order valence-electron chi connectivity index (χ4n) is 1.62. The molecule has 0 spiro atoms. The fraction of sp³-hybridized carbons (Fsp3) is 0.615. The molecule has 0 aromatic carbocycles. The van der Waals surface area contributed by atoms with E-state index in [2.05, 4.69) is 4.98 Å². The Morgan fingerprint density at radius 2 is 2.05 bits per heavy atom. The van der Waals surface area contributed by atoms with Gasteiger partial charge in [-0.15, -0.1) is 0 Å². The summed E-state index contributed by atoms with van der Waals surface area (Å²) < 4.78 is 11.5. The lowest BCUT2D eigenvalue weighted by molar-refractivity contribution is -0.143. The molecule has 1 heterocycles. The van der Waals surface area contributed by atoms with Gasteiger partial charge in [0.2, 0.25) is 0 Å². The summed E-state index contributed by atoms with van der Waals surface area (Å²) in [6.45, 7) is 5.72. The molecule has 1 aromatic heterocycles. The first-order valence-corrected chi connectivity index (χ1v) is 6.69. The zero-order valence-electron chi connectivity index (χ0n) is 11.9. The van der Waals surface area contributed by atoms with Crippen LogP contribution in [0.15, 0.2) is 18.7 Å². The second-order valence-electron chi connectivity index (χ2n) is 3.99. The van der Waals surface area contributed by atoms with Gasteiger partial charge in [0, 0.05) is 32.1 Å². The zero-order chi connectivity index (χ0) is 14.8. The number of nitrogens with zero attached hydrogens (tertiary/aromatic N) is 3. The van der Waals surface area contributed by atoms with Crippen molar-refractivity contribution in [3.8, 4) is 0 Å². The van der Waals surface area contributed by atoms with Gasteiger partial charge in [-0.25, -0.2) is 9.78 Å². The van der Waals surface area contributed by atoms with Gasteiger partial charge in [-0.2, -0.15) is 0 Å². The molecule has 0 aliphatic rings. The van der Waals surface area contributed by atoms with Gasteiger partial charge in [-0.1, -0.05) is 0 Å². The summed E-state index contributed by atoms with van der Waals surface area (Å²) in [7, 11) is 0. The zero-order valence-corrected chi connectivity index (χ0v) is 11.9. The predicted octanol–water partition coefficient (Wildman–Crippen LogP) is 1.14. The molecule has 0 aliphatic carbocycles. The molecule has 0 radical (unpaired) electrons. The highest BCUT2D eigenvalue weighted by atomic mass is 16.5. The van der Waals surface area contributed by atoms with Crippen molar-refractivity contribution in [1.29, 1.82) is 0 Å². The molecule has 0 aliphatic heterocycles. The topological polar surface area (TPSA) is 73.7 Å². The summed E-state index contributed by atoms with van der Waals surface area (Å²) in [6, 6.07) is -0.230. The quantitative estimate of drug-likeness (QED) is 0.528. The van der Waals surface area contributed by atoms with Crippen molar-refractivity contribution >= 4 is 12.0 Å². The monoisotopic (exact) mass is 283 g/mol. The number of carbonyl (C=O) groups is 2. The molecule has 7 heteroatoms. The number of hydrogen-bond acceptors (Lipinski definition) is 5. The highest BCUT2D eigenvalue weighted by molar-refractivity contribution is 5.77. The molecule has 0 saturated heterocycles. The predicted molar refractivity (Wildman–Crippen MR) is 72.3 cm³/mol. The number of ether oxygens (including phenoxy) is 2. The summed E-state index contributed by atoms with van der Waals surface area (Å²) >= 11 is 0. The molecule has 1 aromatic rings. The second-order valence-corrected chi connectivity index (χ2v) is 3.99. The third-order valence-electron chi connectivity index (χ3n) is 2.60. The van der Waals surface area contributed by atoms with Gasteiger partial charge < -0.3 is 14.4 Å². The minimum absolute atomic E-state index is 0.167. The summed E-state index contributed by atoms with van der Waals surface area (Å²) in [5.74, 6) is -0.313. The first kappa shape index (κ1) is 16.2. The molecule has 0 saturated carbocycles. The number of hydrogen-bond donors (Lipinski definition) is 0. The van der Waals surface area contributed by atoms with E-state index in [9.17, 15) is 9.59 Å². The Kier molecular flexibility index (Phi) is 7.34. The second kappa shape index (κ2) is 9.08. The van der Waals surface area contributed by atoms with E-state index in [4.69, 9.17) is 9.47 Å². The van der Waals surface area contributed by atoms with E-state index >= 15 is 0 Å². The lowest BCUT2D eigenvalue weighted by Crippen LogP contribution is -2.38. The van der Waals surface area contributed by atoms with Crippen LogP contribution in [0.5, 0.6) is 0 Å². The Bertz CT molecular complexity index is 406. The summed E-state index contributed by atoms with van der Waals surface area (Å²) in [6.07, 6.45) is 4.70. The number of amides is 1. The van der Waals surface area contributed by atoms with Crippen molar-refractivity contribution in [3.63, 3.8) is 0 Å². The fourth-order valence-corrected chi connectivity index (χ4v) is 1.62. The number of carbonyl (C=O) groups excluding carboxylic acids is 2. The molecular formula is C13H21N3O4. The molecular weight excluding hydrogens is 262 g/mol. The van der Waals surface area contributed by atoms with Gasteiger partial charge in [-0.05, 0) is 13.8 Å². The number of rotatable bonds is 8. The highest BCUT2D eigenvalue weighted by Crippen LogP contribution is 2.00. The van der Waals surface area contributed by atoms with Crippen molar-refractivity contribution in [3.05, 3.63) is 18.7 Å². The van der Waals surface area contributed by atoms with E-state index in [1.807, 2.05) is 6.92 Å². The Labute approximate surface area is 118 Å². The van der Waals surface area contributed by atoms with Crippen LogP contribution in [-0.2, 0) is 14.3 Å². The standard InChI is InChI=1S/C13H21N3O4/c1-3-19-10-9-15(7-5-12(17)20-4-2)13(18)16-8-6-14-11-16/h6,8,11H,3-5,7,9-10H2,1-2H3. The number of imidazole rings is 1. The summed E-state index contributed by atoms with van der Waals surface area (Å²) in [5.41, 5.74) is 0. The van der Waals surface area contributed by atoms with Gasteiger partial charge in [0.15, 0.2) is 0 Å². The smallest absolute Gasteiger partial charge is 0.329 e. The molecule has 0 atom stereocenters. The van der Waals surface area contributed by atoms with Crippen LogP contribution in [0.1, 0.15) is 20.3 Å². The van der Waals surface area contributed by atoms with Crippen molar-refractivity contribution in [1.82, 2.24) is 14.5 Å². The van der Waals surface area contributed by atoms with E-state index in [1.54, 1.807) is 18.0 Å². The SMILES string of the molecule is CCOCCN(CCC(=O)OCC)C(=O)n1ccnc1. The molecule has 1 amide bonds. The summed E-state index contributed by atoms with van der Waals surface area (Å²) in [5, 5.41) is 0. The number of esters is 1. The first-order chi connectivity index (χ1) is 9.69. The molecule has 0 unspecified atom stereocenters. The van der Waals surface area contributed by atoms with Crippen molar-refractivity contribution in [2.45, 2.75) is 20.3 Å². The lowest BCUT2D eigenvalue weighted by Gasteiger charge is -2.22.